The molecule has 0 atom stereocenters. The molecule has 0 radical (unpaired) electrons. The molecule has 0 spiro atoms. The third-order valence-corrected chi connectivity index (χ3v) is 3.59. The zero-order valence-electron chi connectivity index (χ0n) is 13.5. The molecule has 0 fully saturated rings. The van der Waals surface area contributed by atoms with Gasteiger partial charge in [-0.3, -0.25) is 4.79 Å². The van der Waals surface area contributed by atoms with Gasteiger partial charge in [0, 0.05) is 12.5 Å². The third kappa shape index (κ3) is 3.56. The number of phenols is 1. The van der Waals surface area contributed by atoms with Crippen LogP contribution in [0, 0.1) is 0 Å². The third-order valence-electron chi connectivity index (χ3n) is 3.59. The first-order valence-electron chi connectivity index (χ1n) is 7.21. The Morgan fingerprint density at radius 2 is 1.65 bits per heavy atom. The molecule has 1 N–H and O–H groups in total. The Kier molecular flexibility index (Phi) is 5.46. The largest absolute Gasteiger partial charge is 0.504 e. The fraction of sp³-hybridized carbons (Fsp3) is 0.278. The first-order valence-corrected chi connectivity index (χ1v) is 7.21. The van der Waals surface area contributed by atoms with Crippen LogP contribution in [0.4, 0.5) is 0 Å². The van der Waals surface area contributed by atoms with E-state index in [1.165, 1.54) is 27.4 Å². The number of benzene rings is 2. The van der Waals surface area contributed by atoms with Crippen molar-refractivity contribution >= 4 is 5.78 Å². The van der Waals surface area contributed by atoms with Crippen molar-refractivity contribution in [1.82, 2.24) is 0 Å². The molecular formula is C18H20O5. The molecule has 2 aromatic rings. The number of hydrogen-bond donors (Lipinski definition) is 1. The maximum Gasteiger partial charge on any atom is 0.204 e. The van der Waals surface area contributed by atoms with Gasteiger partial charge in [0.05, 0.1) is 21.3 Å². The number of aromatic hydroxyl groups is 1. The topological polar surface area (TPSA) is 65.0 Å². The van der Waals surface area contributed by atoms with Gasteiger partial charge in [-0.2, -0.15) is 0 Å². The summed E-state index contributed by atoms with van der Waals surface area (Å²) in [6.07, 6.45) is 0.833. The summed E-state index contributed by atoms with van der Waals surface area (Å²) in [7, 11) is 4.30. The fourth-order valence-electron chi connectivity index (χ4n) is 2.41. The maximum absolute atomic E-state index is 12.5. The molecule has 0 saturated carbocycles. The molecule has 0 aliphatic heterocycles. The van der Waals surface area contributed by atoms with Crippen molar-refractivity contribution in [3.63, 3.8) is 0 Å². The highest BCUT2D eigenvalue weighted by Crippen LogP contribution is 2.44. The van der Waals surface area contributed by atoms with Gasteiger partial charge < -0.3 is 19.3 Å². The van der Waals surface area contributed by atoms with E-state index in [0.29, 0.717) is 12.2 Å². The molecule has 0 bridgehead atoms. The van der Waals surface area contributed by atoms with Gasteiger partial charge in [0.1, 0.15) is 11.3 Å². The molecular weight excluding hydrogens is 296 g/mol. The zero-order chi connectivity index (χ0) is 16.8. The number of carbonyl (C=O) groups excluding carboxylic acids is 1. The van der Waals surface area contributed by atoms with E-state index in [0.717, 1.165) is 5.56 Å². The Morgan fingerprint density at radius 3 is 2.22 bits per heavy atom. The smallest absolute Gasteiger partial charge is 0.204 e. The molecule has 2 rings (SSSR count). The summed E-state index contributed by atoms with van der Waals surface area (Å²) in [6, 6.07) is 11.2. The van der Waals surface area contributed by atoms with Gasteiger partial charge in [-0.15, -0.1) is 0 Å². The second kappa shape index (κ2) is 7.54. The average Bonchev–Trinajstić information content (AvgIpc) is 2.59. The van der Waals surface area contributed by atoms with E-state index in [4.69, 9.17) is 14.2 Å². The lowest BCUT2D eigenvalue weighted by molar-refractivity contribution is 0.0976. The summed E-state index contributed by atoms with van der Waals surface area (Å²) in [5.41, 5.74) is 1.17. The summed E-state index contributed by atoms with van der Waals surface area (Å²) in [5.74, 6) is 0.210. The van der Waals surface area contributed by atoms with Gasteiger partial charge in [-0.25, -0.2) is 0 Å². The number of ketones is 1. The van der Waals surface area contributed by atoms with Gasteiger partial charge in [-0.05, 0) is 12.0 Å². The van der Waals surface area contributed by atoms with Gasteiger partial charge in [0.15, 0.2) is 17.3 Å². The van der Waals surface area contributed by atoms with E-state index in [1.54, 1.807) is 0 Å². The van der Waals surface area contributed by atoms with Crippen LogP contribution in [0.5, 0.6) is 23.0 Å². The van der Waals surface area contributed by atoms with E-state index in [9.17, 15) is 9.90 Å². The lowest BCUT2D eigenvalue weighted by Crippen LogP contribution is -2.06. The molecule has 0 amide bonds. The first kappa shape index (κ1) is 16.7. The maximum atomic E-state index is 12.5. The van der Waals surface area contributed by atoms with Gasteiger partial charge in [0.25, 0.3) is 0 Å². The Labute approximate surface area is 135 Å². The van der Waals surface area contributed by atoms with Crippen LogP contribution in [0.15, 0.2) is 36.4 Å². The van der Waals surface area contributed by atoms with E-state index < -0.39 is 0 Å². The summed E-state index contributed by atoms with van der Waals surface area (Å²) in [6.45, 7) is 0. The predicted octanol–water partition coefficient (Wildman–Crippen LogP) is 3.23. The van der Waals surface area contributed by atoms with Crippen LogP contribution in [0.2, 0.25) is 0 Å². The van der Waals surface area contributed by atoms with Crippen molar-refractivity contribution in [1.29, 1.82) is 0 Å². The Hall–Kier alpha value is -2.69. The standard InChI is InChI=1S/C18H20O5/c1-21-14-11-15(22-2)18(23-3)17(20)16(14)13(19)10-9-12-7-5-4-6-8-12/h4-8,11,20H,9-10H2,1-3H3. The van der Waals surface area contributed by atoms with Gasteiger partial charge in [0.2, 0.25) is 5.75 Å². The summed E-state index contributed by atoms with van der Waals surface area (Å²) in [4.78, 5) is 12.5. The molecule has 122 valence electrons. The number of ether oxygens (including phenoxy) is 3. The lowest BCUT2D eigenvalue weighted by atomic mass is 10.0. The molecule has 0 aromatic heterocycles. The second-order valence-electron chi connectivity index (χ2n) is 4.95. The fourth-order valence-corrected chi connectivity index (χ4v) is 2.41. The monoisotopic (exact) mass is 316 g/mol. The van der Waals surface area contributed by atoms with Crippen molar-refractivity contribution in [3.05, 3.63) is 47.5 Å². The van der Waals surface area contributed by atoms with Crippen LogP contribution < -0.4 is 14.2 Å². The number of hydrogen-bond acceptors (Lipinski definition) is 5. The van der Waals surface area contributed by atoms with E-state index >= 15 is 0 Å². The normalized spacial score (nSPS) is 10.2. The minimum absolute atomic E-state index is 0.112. The summed E-state index contributed by atoms with van der Waals surface area (Å²) >= 11 is 0. The molecule has 5 heteroatoms. The molecule has 0 heterocycles. The van der Waals surface area contributed by atoms with Crippen molar-refractivity contribution in [2.24, 2.45) is 0 Å². The predicted molar refractivity (Wildman–Crippen MR) is 86.9 cm³/mol. The van der Waals surface area contributed by atoms with Crippen molar-refractivity contribution in [2.75, 3.05) is 21.3 Å². The minimum atomic E-state index is -0.262. The Morgan fingerprint density at radius 1 is 1.00 bits per heavy atom. The van der Waals surface area contributed by atoms with Gasteiger partial charge in [-0.1, -0.05) is 30.3 Å². The average molecular weight is 316 g/mol. The molecule has 23 heavy (non-hydrogen) atoms. The van der Waals surface area contributed by atoms with Crippen LogP contribution in [0.3, 0.4) is 0 Å². The highest BCUT2D eigenvalue weighted by Gasteiger charge is 2.24. The molecule has 0 aliphatic carbocycles. The number of aryl methyl sites for hydroxylation is 1. The number of Topliss-reactive ketones (excluding diaryl/α,β-unsaturated/α-hetero) is 1. The minimum Gasteiger partial charge on any atom is -0.504 e. The highest BCUT2D eigenvalue weighted by atomic mass is 16.5. The van der Waals surface area contributed by atoms with Crippen LogP contribution >= 0.6 is 0 Å². The number of rotatable bonds is 7. The molecule has 2 aromatic carbocycles. The SMILES string of the molecule is COc1cc(OC)c(C(=O)CCc2ccccc2)c(O)c1OC. The number of phenolic OH excluding ortho intramolecular Hbond substituents is 1. The van der Waals surface area contributed by atoms with Crippen molar-refractivity contribution in [3.8, 4) is 23.0 Å². The Bertz CT molecular complexity index is 680. The number of methoxy groups -OCH3 is 3. The summed E-state index contributed by atoms with van der Waals surface area (Å²) < 4.78 is 15.5. The quantitative estimate of drug-likeness (QED) is 0.794. The Balaban J connectivity index is 2.31. The van der Waals surface area contributed by atoms with Crippen LogP contribution in [-0.4, -0.2) is 32.2 Å². The van der Waals surface area contributed by atoms with E-state index in [2.05, 4.69) is 0 Å². The molecule has 0 unspecified atom stereocenters. The molecule has 0 aliphatic rings. The van der Waals surface area contributed by atoms with Crippen LogP contribution in [0.1, 0.15) is 22.3 Å². The van der Waals surface area contributed by atoms with Crippen LogP contribution in [0.25, 0.3) is 0 Å². The number of carbonyl (C=O) groups is 1. The van der Waals surface area contributed by atoms with Crippen molar-refractivity contribution in [2.45, 2.75) is 12.8 Å². The highest BCUT2D eigenvalue weighted by molar-refractivity contribution is 6.02. The first-order chi connectivity index (χ1) is 11.1. The zero-order valence-corrected chi connectivity index (χ0v) is 13.5. The van der Waals surface area contributed by atoms with Gasteiger partial charge >= 0.3 is 0 Å². The van der Waals surface area contributed by atoms with Crippen LogP contribution in [-0.2, 0) is 6.42 Å². The molecule has 0 saturated heterocycles. The summed E-state index contributed by atoms with van der Waals surface area (Å²) in [5, 5.41) is 10.4. The molecule has 5 nitrogen and oxygen atoms in total. The van der Waals surface area contributed by atoms with E-state index in [-0.39, 0.29) is 35.0 Å². The van der Waals surface area contributed by atoms with Crippen molar-refractivity contribution < 1.29 is 24.1 Å². The lowest BCUT2D eigenvalue weighted by Gasteiger charge is -2.16. The van der Waals surface area contributed by atoms with E-state index in [1.807, 2.05) is 30.3 Å². The second-order valence-corrected chi connectivity index (χ2v) is 4.95.